The van der Waals surface area contributed by atoms with E-state index in [1.807, 2.05) is 21.1 Å². The van der Waals surface area contributed by atoms with Crippen LogP contribution in [0.4, 0.5) is 0 Å². The minimum atomic E-state index is -1.21. The van der Waals surface area contributed by atoms with Gasteiger partial charge in [0, 0.05) is 25.2 Å². The third kappa shape index (κ3) is 17.2. The molecule has 0 aromatic heterocycles. The first kappa shape index (κ1) is 24.4. The normalized spacial score (nSPS) is 12.6. The number of ether oxygens (including phenoxy) is 1. The van der Waals surface area contributed by atoms with Crippen molar-refractivity contribution in [1.82, 2.24) is 0 Å². The molecule has 0 saturated carbocycles. The molecule has 7 nitrogen and oxygen atoms in total. The van der Waals surface area contributed by atoms with Crippen LogP contribution in [0.5, 0.6) is 0 Å². The van der Waals surface area contributed by atoms with Crippen LogP contribution in [0, 0.1) is 0 Å². The van der Waals surface area contributed by atoms with Crippen LogP contribution >= 0.6 is 0 Å². The Kier molecular flexibility index (Phi) is 12.7. The standard InChI is InChI=1S/C19H35NO6/c1-20(2,3)15-16(14-18(23)24)26-19(25)13-11-9-7-5-4-6-8-10-12-17(21)22/h16H,4-15H2,1-3H3,(H-,21,22,23,24). The number of carbonyl (C=O) groups is 3. The molecule has 0 rings (SSSR count). The Balaban J connectivity index is 3.76. The van der Waals surface area contributed by atoms with E-state index in [9.17, 15) is 19.5 Å². The molecule has 1 unspecified atom stereocenters. The molecule has 0 aliphatic rings. The van der Waals surface area contributed by atoms with Crippen LogP contribution in [0.3, 0.4) is 0 Å². The van der Waals surface area contributed by atoms with Gasteiger partial charge in [-0.05, 0) is 12.8 Å². The first-order valence-corrected chi connectivity index (χ1v) is 9.51. The molecule has 0 amide bonds. The minimum absolute atomic E-state index is 0.245. The van der Waals surface area contributed by atoms with Gasteiger partial charge in [-0.3, -0.25) is 9.59 Å². The lowest BCUT2D eigenvalue weighted by Crippen LogP contribution is -2.45. The number of hydrogen-bond acceptors (Lipinski definition) is 5. The summed E-state index contributed by atoms with van der Waals surface area (Å²) >= 11 is 0. The fourth-order valence-electron chi connectivity index (χ4n) is 2.79. The Hall–Kier alpha value is -1.63. The van der Waals surface area contributed by atoms with Crippen LogP contribution in [-0.2, 0) is 19.1 Å². The van der Waals surface area contributed by atoms with Gasteiger partial charge in [-0.15, -0.1) is 0 Å². The van der Waals surface area contributed by atoms with Gasteiger partial charge in [-0.1, -0.05) is 38.5 Å². The maximum Gasteiger partial charge on any atom is 0.306 e. The summed E-state index contributed by atoms with van der Waals surface area (Å²) in [6.45, 7) is 0.432. The summed E-state index contributed by atoms with van der Waals surface area (Å²) < 4.78 is 5.82. The average Bonchev–Trinajstić information content (AvgIpc) is 2.46. The van der Waals surface area contributed by atoms with Gasteiger partial charge in [0.05, 0.1) is 21.1 Å². The number of aliphatic carboxylic acids is 2. The summed E-state index contributed by atoms with van der Waals surface area (Å²) in [5.74, 6) is -2.29. The number of nitrogens with zero attached hydrogens (tertiary/aromatic N) is 1. The van der Waals surface area contributed by atoms with E-state index in [2.05, 4.69) is 0 Å². The number of rotatable bonds is 16. The van der Waals surface area contributed by atoms with Crippen LogP contribution < -0.4 is 5.11 Å². The van der Waals surface area contributed by atoms with Gasteiger partial charge < -0.3 is 24.2 Å². The highest BCUT2D eigenvalue weighted by Crippen LogP contribution is 2.12. The molecule has 0 aromatic rings. The van der Waals surface area contributed by atoms with Crippen molar-refractivity contribution in [2.75, 3.05) is 27.7 Å². The molecule has 0 heterocycles. The Morgan fingerprint density at radius 1 is 0.885 bits per heavy atom. The number of carboxylic acids is 2. The number of esters is 1. The van der Waals surface area contributed by atoms with Crippen LogP contribution in [0.2, 0.25) is 0 Å². The van der Waals surface area contributed by atoms with Crippen molar-refractivity contribution in [3.05, 3.63) is 0 Å². The van der Waals surface area contributed by atoms with E-state index in [1.165, 1.54) is 0 Å². The zero-order valence-corrected chi connectivity index (χ0v) is 16.5. The lowest BCUT2D eigenvalue weighted by atomic mass is 10.1. The van der Waals surface area contributed by atoms with Crippen molar-refractivity contribution in [2.45, 2.75) is 76.7 Å². The maximum absolute atomic E-state index is 11.9. The fraction of sp³-hybridized carbons (Fsp3) is 0.842. The van der Waals surface area contributed by atoms with Gasteiger partial charge >= 0.3 is 11.9 Å². The van der Waals surface area contributed by atoms with E-state index < -0.39 is 18.0 Å². The first-order chi connectivity index (χ1) is 12.1. The quantitative estimate of drug-likeness (QED) is 0.251. The molecule has 26 heavy (non-hydrogen) atoms. The Morgan fingerprint density at radius 3 is 1.77 bits per heavy atom. The summed E-state index contributed by atoms with van der Waals surface area (Å²) in [5.41, 5.74) is 0. The molecule has 0 saturated heterocycles. The third-order valence-electron chi connectivity index (χ3n) is 3.97. The molecular formula is C19H35NO6. The average molecular weight is 373 g/mol. The predicted octanol–water partition coefficient (Wildman–Crippen LogP) is 1.73. The smallest absolute Gasteiger partial charge is 0.306 e. The van der Waals surface area contributed by atoms with Crippen LogP contribution in [0.1, 0.15) is 70.6 Å². The highest BCUT2D eigenvalue weighted by molar-refractivity contribution is 5.70. The fourth-order valence-corrected chi connectivity index (χ4v) is 2.79. The molecule has 0 fully saturated rings. The Bertz CT molecular complexity index is 430. The van der Waals surface area contributed by atoms with E-state index in [1.54, 1.807) is 0 Å². The number of carbonyl (C=O) groups excluding carboxylic acids is 2. The topological polar surface area (TPSA) is 104 Å². The van der Waals surface area contributed by atoms with E-state index in [0.29, 0.717) is 17.4 Å². The lowest BCUT2D eigenvalue weighted by Gasteiger charge is -2.29. The van der Waals surface area contributed by atoms with Crippen LogP contribution in [0.15, 0.2) is 0 Å². The van der Waals surface area contributed by atoms with Gasteiger partial charge in [-0.2, -0.15) is 0 Å². The molecular weight excluding hydrogens is 338 g/mol. The Morgan fingerprint density at radius 2 is 1.35 bits per heavy atom. The zero-order chi connectivity index (χ0) is 20.0. The number of likely N-dealkylation sites (N-methyl/N-ethyl adjacent to an activating group) is 1. The van der Waals surface area contributed by atoms with E-state index in [-0.39, 0.29) is 18.8 Å². The molecule has 0 bridgehead atoms. The maximum atomic E-state index is 11.9. The molecule has 0 aliphatic heterocycles. The molecule has 0 aromatic carbocycles. The summed E-state index contributed by atoms with van der Waals surface area (Å²) in [6.07, 6.45) is 7.23. The Labute approximate surface area is 156 Å². The molecule has 0 aliphatic carbocycles. The molecule has 7 heteroatoms. The summed E-state index contributed by atoms with van der Waals surface area (Å²) in [7, 11) is 5.74. The van der Waals surface area contributed by atoms with Crippen molar-refractivity contribution < 1.29 is 33.8 Å². The van der Waals surface area contributed by atoms with Crippen molar-refractivity contribution in [1.29, 1.82) is 0 Å². The summed E-state index contributed by atoms with van der Waals surface area (Å²) in [6, 6.07) is 0. The SMILES string of the molecule is C[N+](C)(C)CC(CC(=O)[O-])OC(=O)CCCCCCCCCCC(=O)O. The van der Waals surface area contributed by atoms with Crippen LogP contribution in [-0.4, -0.2) is 61.3 Å². The molecule has 0 spiro atoms. The van der Waals surface area contributed by atoms with Crippen molar-refractivity contribution >= 4 is 17.9 Å². The zero-order valence-electron chi connectivity index (χ0n) is 16.5. The van der Waals surface area contributed by atoms with E-state index >= 15 is 0 Å². The largest absolute Gasteiger partial charge is 0.550 e. The van der Waals surface area contributed by atoms with Gasteiger partial charge in [0.1, 0.15) is 6.54 Å². The number of quaternary nitrogens is 1. The number of unbranched alkanes of at least 4 members (excludes halogenated alkanes) is 7. The van der Waals surface area contributed by atoms with Gasteiger partial charge in [0.2, 0.25) is 0 Å². The van der Waals surface area contributed by atoms with Crippen molar-refractivity contribution in [3.8, 4) is 0 Å². The molecule has 152 valence electrons. The molecule has 0 radical (unpaired) electrons. The molecule has 1 N–H and O–H groups in total. The minimum Gasteiger partial charge on any atom is -0.550 e. The second-order valence-corrected chi connectivity index (χ2v) is 7.88. The van der Waals surface area contributed by atoms with Gasteiger partial charge in [0.15, 0.2) is 6.10 Å². The van der Waals surface area contributed by atoms with Crippen molar-refractivity contribution in [2.24, 2.45) is 0 Å². The summed E-state index contributed by atoms with van der Waals surface area (Å²) in [4.78, 5) is 33.1. The number of hydrogen-bond donors (Lipinski definition) is 1. The molecule has 1 atom stereocenters. The highest BCUT2D eigenvalue weighted by Gasteiger charge is 2.22. The second-order valence-electron chi connectivity index (χ2n) is 7.88. The van der Waals surface area contributed by atoms with Gasteiger partial charge in [-0.25, -0.2) is 0 Å². The number of carboxylic acid groups (broad SMARTS) is 2. The van der Waals surface area contributed by atoms with E-state index in [4.69, 9.17) is 9.84 Å². The predicted molar refractivity (Wildman–Crippen MR) is 96.2 cm³/mol. The third-order valence-corrected chi connectivity index (χ3v) is 3.97. The summed E-state index contributed by atoms with van der Waals surface area (Å²) in [5, 5.41) is 19.3. The second kappa shape index (κ2) is 13.6. The monoisotopic (exact) mass is 373 g/mol. The van der Waals surface area contributed by atoms with Crippen molar-refractivity contribution in [3.63, 3.8) is 0 Å². The van der Waals surface area contributed by atoms with E-state index in [0.717, 1.165) is 51.4 Å². The lowest BCUT2D eigenvalue weighted by molar-refractivity contribution is -0.873. The van der Waals surface area contributed by atoms with Crippen LogP contribution in [0.25, 0.3) is 0 Å². The first-order valence-electron chi connectivity index (χ1n) is 9.51. The van der Waals surface area contributed by atoms with Gasteiger partial charge in [0.25, 0.3) is 0 Å². The highest BCUT2D eigenvalue weighted by atomic mass is 16.5.